The molecule has 1 atom stereocenters. The number of piperidine rings is 1. The Morgan fingerprint density at radius 2 is 1.70 bits per heavy atom. The van der Waals surface area contributed by atoms with Crippen LogP contribution in [0, 0.1) is 0 Å². The van der Waals surface area contributed by atoms with E-state index in [9.17, 15) is 26.4 Å². The van der Waals surface area contributed by atoms with E-state index < -0.39 is 32.7 Å². The maximum Gasteiger partial charge on any atom is 0.417 e. The molecule has 0 radical (unpaired) electrons. The van der Waals surface area contributed by atoms with Gasteiger partial charge in [-0.2, -0.15) is 13.2 Å². The fraction of sp³-hybridized carbons (Fsp3) is 0.435. The van der Waals surface area contributed by atoms with Crippen LogP contribution in [0.25, 0.3) is 11.1 Å². The molecule has 178 valence electrons. The molecule has 0 aromatic heterocycles. The first-order valence-electron chi connectivity index (χ1n) is 11.0. The second-order valence-corrected chi connectivity index (χ2v) is 10.1. The smallest absolute Gasteiger partial charge is 0.341 e. The number of sulfonamides is 1. The quantitative estimate of drug-likeness (QED) is 0.686. The minimum Gasteiger partial charge on any atom is -0.341 e. The lowest BCUT2D eigenvalue weighted by Gasteiger charge is -2.33. The van der Waals surface area contributed by atoms with Gasteiger partial charge in [0.05, 0.1) is 16.5 Å². The van der Waals surface area contributed by atoms with E-state index in [0.29, 0.717) is 31.5 Å². The minimum atomic E-state index is -4.83. The third-order valence-corrected chi connectivity index (χ3v) is 7.75. The molecule has 10 heteroatoms. The number of hydrogen-bond acceptors (Lipinski definition) is 4. The SMILES string of the molecule is O=C([C@H]1CCCN1)N1CCC(NS(=O)(=O)c2ccc(-c3ccccc3)cc2C(F)(F)F)CC1. The highest BCUT2D eigenvalue weighted by atomic mass is 32.2. The third kappa shape index (κ3) is 5.39. The summed E-state index contributed by atoms with van der Waals surface area (Å²) in [5, 5.41) is 3.15. The molecule has 2 aromatic carbocycles. The minimum absolute atomic E-state index is 0.00432. The van der Waals surface area contributed by atoms with Gasteiger partial charge in [0.25, 0.3) is 0 Å². The molecule has 2 heterocycles. The normalized spacial score (nSPS) is 20.2. The molecule has 0 saturated carbocycles. The van der Waals surface area contributed by atoms with Crippen molar-refractivity contribution in [2.24, 2.45) is 0 Å². The molecule has 1 amide bonds. The molecule has 0 unspecified atom stereocenters. The fourth-order valence-electron chi connectivity index (χ4n) is 4.41. The van der Waals surface area contributed by atoms with Crippen LogP contribution in [0.15, 0.2) is 53.4 Å². The molecule has 0 spiro atoms. The first-order valence-corrected chi connectivity index (χ1v) is 12.4. The van der Waals surface area contributed by atoms with Gasteiger partial charge in [-0.3, -0.25) is 4.79 Å². The summed E-state index contributed by atoms with van der Waals surface area (Å²) in [6.45, 7) is 1.53. The van der Waals surface area contributed by atoms with Crippen molar-refractivity contribution in [1.82, 2.24) is 14.9 Å². The second kappa shape index (κ2) is 9.44. The van der Waals surface area contributed by atoms with E-state index in [2.05, 4.69) is 10.0 Å². The third-order valence-electron chi connectivity index (χ3n) is 6.17. The molecule has 4 rings (SSSR count). The lowest BCUT2D eigenvalue weighted by molar-refractivity contribution is -0.140. The van der Waals surface area contributed by atoms with Crippen LogP contribution in [0.4, 0.5) is 13.2 Å². The number of amides is 1. The molecule has 0 bridgehead atoms. The number of carbonyl (C=O) groups is 1. The first kappa shape index (κ1) is 23.7. The summed E-state index contributed by atoms with van der Waals surface area (Å²) in [5.41, 5.74) is -0.348. The molecule has 2 N–H and O–H groups in total. The Labute approximate surface area is 191 Å². The van der Waals surface area contributed by atoms with Crippen molar-refractivity contribution in [3.8, 4) is 11.1 Å². The van der Waals surface area contributed by atoms with E-state index in [1.54, 1.807) is 35.2 Å². The van der Waals surface area contributed by atoms with Crippen LogP contribution in [-0.2, 0) is 21.0 Å². The molecule has 6 nitrogen and oxygen atoms in total. The number of alkyl halides is 3. The van der Waals surface area contributed by atoms with Gasteiger partial charge in [0.1, 0.15) is 0 Å². The predicted molar refractivity (Wildman–Crippen MR) is 118 cm³/mol. The number of halogens is 3. The highest BCUT2D eigenvalue weighted by molar-refractivity contribution is 7.89. The fourth-order valence-corrected chi connectivity index (χ4v) is 5.93. The van der Waals surface area contributed by atoms with Crippen molar-refractivity contribution in [2.75, 3.05) is 19.6 Å². The molecule has 2 saturated heterocycles. The zero-order valence-corrected chi connectivity index (χ0v) is 18.8. The summed E-state index contributed by atoms with van der Waals surface area (Å²) in [6, 6.07) is 11.0. The van der Waals surface area contributed by atoms with Crippen molar-refractivity contribution in [3.05, 3.63) is 54.1 Å². The van der Waals surface area contributed by atoms with Crippen LogP contribution in [-0.4, -0.2) is 50.9 Å². The van der Waals surface area contributed by atoms with Gasteiger partial charge < -0.3 is 10.2 Å². The Morgan fingerprint density at radius 3 is 2.30 bits per heavy atom. The zero-order chi connectivity index (χ0) is 23.6. The number of nitrogens with zero attached hydrogens (tertiary/aromatic N) is 1. The first-order chi connectivity index (χ1) is 15.6. The van der Waals surface area contributed by atoms with Crippen LogP contribution >= 0.6 is 0 Å². The van der Waals surface area contributed by atoms with E-state index in [0.717, 1.165) is 31.5 Å². The van der Waals surface area contributed by atoms with Gasteiger partial charge in [0.2, 0.25) is 15.9 Å². The molecule has 33 heavy (non-hydrogen) atoms. The van der Waals surface area contributed by atoms with Gasteiger partial charge in [-0.05, 0) is 55.5 Å². The Balaban J connectivity index is 1.49. The van der Waals surface area contributed by atoms with Crippen LogP contribution in [0.2, 0.25) is 0 Å². The summed E-state index contributed by atoms with van der Waals surface area (Å²) in [4.78, 5) is 13.4. The van der Waals surface area contributed by atoms with E-state index in [-0.39, 0.29) is 17.5 Å². The van der Waals surface area contributed by atoms with Gasteiger partial charge in [0.15, 0.2) is 0 Å². The lowest BCUT2D eigenvalue weighted by Crippen LogP contribution is -2.50. The molecule has 2 fully saturated rings. The Bertz CT molecular complexity index is 1090. The average molecular weight is 482 g/mol. The molecule has 2 aliphatic heterocycles. The Kier molecular flexibility index (Phi) is 6.78. The maximum absolute atomic E-state index is 13.8. The molecular formula is C23H26F3N3O3S. The van der Waals surface area contributed by atoms with E-state index >= 15 is 0 Å². The van der Waals surface area contributed by atoms with Crippen molar-refractivity contribution >= 4 is 15.9 Å². The van der Waals surface area contributed by atoms with Gasteiger partial charge in [-0.1, -0.05) is 36.4 Å². The van der Waals surface area contributed by atoms with Gasteiger partial charge in [-0.25, -0.2) is 13.1 Å². The Morgan fingerprint density at radius 1 is 1.00 bits per heavy atom. The van der Waals surface area contributed by atoms with Crippen molar-refractivity contribution in [2.45, 2.75) is 48.8 Å². The summed E-state index contributed by atoms with van der Waals surface area (Å²) >= 11 is 0. The van der Waals surface area contributed by atoms with Crippen LogP contribution in [0.1, 0.15) is 31.2 Å². The summed E-state index contributed by atoms with van der Waals surface area (Å²) in [7, 11) is -4.41. The van der Waals surface area contributed by atoms with Gasteiger partial charge in [-0.15, -0.1) is 0 Å². The van der Waals surface area contributed by atoms with Crippen LogP contribution in [0.5, 0.6) is 0 Å². The molecule has 2 aromatic rings. The van der Waals surface area contributed by atoms with E-state index in [4.69, 9.17) is 0 Å². The van der Waals surface area contributed by atoms with Gasteiger partial charge in [0, 0.05) is 19.1 Å². The number of likely N-dealkylation sites (tertiary alicyclic amines) is 1. The second-order valence-electron chi connectivity index (χ2n) is 8.44. The number of nitrogens with one attached hydrogen (secondary N) is 2. The van der Waals surface area contributed by atoms with Crippen molar-refractivity contribution in [3.63, 3.8) is 0 Å². The number of carbonyl (C=O) groups excluding carboxylic acids is 1. The summed E-state index contributed by atoms with van der Waals surface area (Å²) in [6.07, 6.45) is -2.41. The highest BCUT2D eigenvalue weighted by Gasteiger charge is 2.39. The highest BCUT2D eigenvalue weighted by Crippen LogP contribution is 2.37. The van der Waals surface area contributed by atoms with Gasteiger partial charge >= 0.3 is 6.18 Å². The number of hydrogen-bond donors (Lipinski definition) is 2. The van der Waals surface area contributed by atoms with E-state index in [1.807, 2.05) is 0 Å². The predicted octanol–water partition coefficient (Wildman–Crippen LogP) is 3.39. The summed E-state index contributed by atoms with van der Waals surface area (Å²) in [5.74, 6) is 0.00432. The molecular weight excluding hydrogens is 455 g/mol. The standard InChI is InChI=1S/C23H26F3N3O3S/c24-23(25,26)19-15-17(16-5-2-1-3-6-16)8-9-21(19)33(31,32)28-18-10-13-29(14-11-18)22(30)20-7-4-12-27-20/h1-3,5-6,8-9,15,18,20,27-28H,4,7,10-14H2/t20-/m1/s1. The van der Waals surface area contributed by atoms with E-state index in [1.165, 1.54) is 6.07 Å². The van der Waals surface area contributed by atoms with Crippen LogP contribution in [0.3, 0.4) is 0 Å². The maximum atomic E-state index is 13.8. The zero-order valence-electron chi connectivity index (χ0n) is 17.9. The number of rotatable bonds is 5. The monoisotopic (exact) mass is 481 g/mol. The average Bonchev–Trinajstić information content (AvgIpc) is 3.33. The van der Waals surface area contributed by atoms with Crippen molar-refractivity contribution in [1.29, 1.82) is 0 Å². The molecule has 0 aliphatic carbocycles. The summed E-state index contributed by atoms with van der Waals surface area (Å²) < 4.78 is 69.7. The number of benzene rings is 2. The molecule has 2 aliphatic rings. The van der Waals surface area contributed by atoms with Crippen LogP contribution < -0.4 is 10.0 Å². The Hall–Kier alpha value is -2.43. The topological polar surface area (TPSA) is 78.5 Å². The lowest BCUT2D eigenvalue weighted by atomic mass is 10.0. The largest absolute Gasteiger partial charge is 0.417 e. The van der Waals surface area contributed by atoms with Crippen molar-refractivity contribution < 1.29 is 26.4 Å².